The van der Waals surface area contributed by atoms with E-state index in [2.05, 4.69) is 64.4 Å². The molecular weight excluding hydrogens is 402 g/mol. The maximum Gasteiger partial charge on any atom is 0.164 e. The Bertz CT molecular complexity index is 1110. The Morgan fingerprint density at radius 2 is 2.00 bits per heavy atom. The average molecular weight is 412 g/mol. The second kappa shape index (κ2) is 5.78. The number of nitrogens with zero attached hydrogens (tertiary/aromatic N) is 6. The second-order valence-electron chi connectivity index (χ2n) is 5.48. The number of hydrogen-bond donors (Lipinski definition) is 1. The molecule has 1 aliphatic rings. The van der Waals surface area contributed by atoms with Crippen LogP contribution in [0.4, 0.5) is 11.5 Å². The Morgan fingerprint density at radius 3 is 2.96 bits per heavy atom. The SMILES string of the molecule is Brc1ncnc2c1ncn2Cc1ccc2c(c1)Nc1nccnc1S2. The van der Waals surface area contributed by atoms with Crippen LogP contribution < -0.4 is 5.32 Å². The van der Waals surface area contributed by atoms with E-state index in [-0.39, 0.29) is 0 Å². The molecule has 4 aromatic rings. The van der Waals surface area contributed by atoms with Crippen LogP contribution in [0.5, 0.6) is 0 Å². The van der Waals surface area contributed by atoms with Gasteiger partial charge in [-0.3, -0.25) is 0 Å². The summed E-state index contributed by atoms with van der Waals surface area (Å²) in [7, 11) is 0. The molecule has 0 aliphatic carbocycles. The van der Waals surface area contributed by atoms with Crippen LogP contribution in [0.15, 0.2) is 57.8 Å². The van der Waals surface area contributed by atoms with Gasteiger partial charge in [-0.1, -0.05) is 17.8 Å². The first-order chi connectivity index (χ1) is 12.3. The Labute approximate surface area is 155 Å². The monoisotopic (exact) mass is 411 g/mol. The molecule has 7 nitrogen and oxygen atoms in total. The summed E-state index contributed by atoms with van der Waals surface area (Å²) in [5.41, 5.74) is 3.75. The van der Waals surface area contributed by atoms with Crippen molar-refractivity contribution in [3.8, 4) is 0 Å². The van der Waals surface area contributed by atoms with E-state index >= 15 is 0 Å². The van der Waals surface area contributed by atoms with Crippen LogP contribution in [-0.4, -0.2) is 29.5 Å². The number of imidazole rings is 1. The fourth-order valence-electron chi connectivity index (χ4n) is 2.74. The van der Waals surface area contributed by atoms with Gasteiger partial charge < -0.3 is 9.88 Å². The minimum atomic E-state index is 0.674. The van der Waals surface area contributed by atoms with Crippen molar-refractivity contribution in [2.24, 2.45) is 0 Å². The van der Waals surface area contributed by atoms with Gasteiger partial charge in [-0.05, 0) is 33.6 Å². The maximum atomic E-state index is 4.38. The van der Waals surface area contributed by atoms with Crippen LogP contribution in [0.25, 0.3) is 11.2 Å². The van der Waals surface area contributed by atoms with Crippen molar-refractivity contribution in [3.63, 3.8) is 0 Å². The summed E-state index contributed by atoms with van der Waals surface area (Å²) in [6.45, 7) is 0.674. The number of hydrogen-bond acceptors (Lipinski definition) is 7. The molecule has 1 aromatic carbocycles. The van der Waals surface area contributed by atoms with Gasteiger partial charge in [0.2, 0.25) is 0 Å². The Morgan fingerprint density at radius 1 is 1.08 bits per heavy atom. The topological polar surface area (TPSA) is 81.4 Å². The van der Waals surface area contributed by atoms with Crippen molar-refractivity contribution >= 4 is 50.4 Å². The van der Waals surface area contributed by atoms with E-state index in [1.54, 1.807) is 30.5 Å². The van der Waals surface area contributed by atoms with E-state index in [0.29, 0.717) is 11.1 Å². The molecule has 1 aliphatic heterocycles. The molecular formula is C16H10BrN7S. The normalized spacial score (nSPS) is 12.5. The van der Waals surface area contributed by atoms with Gasteiger partial charge in [-0.2, -0.15) is 0 Å². The number of aromatic nitrogens is 6. The van der Waals surface area contributed by atoms with Gasteiger partial charge in [0.1, 0.15) is 21.5 Å². The lowest BCUT2D eigenvalue weighted by Gasteiger charge is -2.19. The third-order valence-electron chi connectivity index (χ3n) is 3.88. The highest BCUT2D eigenvalue weighted by molar-refractivity contribution is 9.10. The molecule has 0 radical (unpaired) electrons. The number of rotatable bonds is 2. The molecule has 122 valence electrons. The van der Waals surface area contributed by atoms with Crippen LogP contribution in [0.2, 0.25) is 0 Å². The van der Waals surface area contributed by atoms with Gasteiger partial charge in [0.15, 0.2) is 11.5 Å². The number of anilines is 2. The Balaban J connectivity index is 1.49. The van der Waals surface area contributed by atoms with Crippen LogP contribution in [0.1, 0.15) is 5.56 Å². The molecule has 1 N–H and O–H groups in total. The molecule has 0 saturated heterocycles. The lowest BCUT2D eigenvalue weighted by molar-refractivity contribution is 0.812. The molecule has 0 unspecified atom stereocenters. The number of benzene rings is 1. The summed E-state index contributed by atoms with van der Waals surface area (Å²) >= 11 is 5.03. The first-order valence-corrected chi connectivity index (χ1v) is 9.09. The summed E-state index contributed by atoms with van der Waals surface area (Å²) in [4.78, 5) is 22.7. The van der Waals surface area contributed by atoms with Gasteiger partial charge >= 0.3 is 0 Å². The van der Waals surface area contributed by atoms with Crippen molar-refractivity contribution in [1.29, 1.82) is 0 Å². The third kappa shape index (κ3) is 2.56. The standard InChI is InChI=1S/C16H10BrN7S/c17-13-12-15(21-7-20-13)24(8-22-12)6-9-1-2-11-10(5-9)23-14-16(25-11)19-4-3-18-14/h1-5,7-8H,6H2,(H,18,23). The van der Waals surface area contributed by atoms with Gasteiger partial charge in [-0.25, -0.2) is 24.9 Å². The van der Waals surface area contributed by atoms with E-state index in [1.165, 1.54) is 6.33 Å². The van der Waals surface area contributed by atoms with Gasteiger partial charge in [0, 0.05) is 17.3 Å². The molecule has 25 heavy (non-hydrogen) atoms. The molecule has 0 bridgehead atoms. The first kappa shape index (κ1) is 14.8. The molecule has 0 atom stereocenters. The Hall–Kier alpha value is -2.52. The minimum absolute atomic E-state index is 0.674. The second-order valence-corrected chi connectivity index (χ2v) is 7.26. The van der Waals surface area contributed by atoms with E-state index in [9.17, 15) is 0 Å². The predicted octanol–water partition coefficient (Wildman–Crippen LogP) is 3.64. The largest absolute Gasteiger partial charge is 0.337 e. The summed E-state index contributed by atoms with van der Waals surface area (Å²) in [6.07, 6.45) is 6.71. The molecule has 3 aromatic heterocycles. The van der Waals surface area contributed by atoms with E-state index in [4.69, 9.17) is 0 Å². The molecule has 5 rings (SSSR count). The highest BCUT2D eigenvalue weighted by Crippen LogP contribution is 2.42. The molecule has 4 heterocycles. The summed E-state index contributed by atoms with van der Waals surface area (Å²) < 4.78 is 2.71. The van der Waals surface area contributed by atoms with Gasteiger partial charge in [-0.15, -0.1) is 0 Å². The summed E-state index contributed by atoms with van der Waals surface area (Å²) in [6, 6.07) is 6.34. The highest BCUT2D eigenvalue weighted by Gasteiger charge is 2.18. The number of fused-ring (bicyclic) bond motifs is 3. The minimum Gasteiger partial charge on any atom is -0.337 e. The fourth-order valence-corrected chi connectivity index (χ4v) is 3.99. The van der Waals surface area contributed by atoms with Crippen molar-refractivity contribution in [2.75, 3.05) is 5.32 Å². The van der Waals surface area contributed by atoms with Crippen molar-refractivity contribution < 1.29 is 0 Å². The van der Waals surface area contributed by atoms with E-state index < -0.39 is 0 Å². The fraction of sp³-hybridized carbons (Fsp3) is 0.0625. The lowest BCUT2D eigenvalue weighted by atomic mass is 10.2. The van der Waals surface area contributed by atoms with E-state index in [0.717, 1.165) is 38.2 Å². The molecule has 9 heteroatoms. The quantitative estimate of drug-likeness (QED) is 0.444. The lowest BCUT2D eigenvalue weighted by Crippen LogP contribution is -2.05. The van der Waals surface area contributed by atoms with Gasteiger partial charge in [0.25, 0.3) is 0 Å². The number of halogens is 1. The predicted molar refractivity (Wildman–Crippen MR) is 98.0 cm³/mol. The smallest absolute Gasteiger partial charge is 0.164 e. The highest BCUT2D eigenvalue weighted by atomic mass is 79.9. The van der Waals surface area contributed by atoms with Crippen LogP contribution in [-0.2, 0) is 6.54 Å². The molecule has 0 saturated carbocycles. The van der Waals surface area contributed by atoms with Crippen LogP contribution in [0, 0.1) is 0 Å². The molecule has 0 spiro atoms. The molecule has 0 amide bonds. The first-order valence-electron chi connectivity index (χ1n) is 7.48. The summed E-state index contributed by atoms with van der Waals surface area (Å²) in [5.74, 6) is 0.793. The zero-order valence-corrected chi connectivity index (χ0v) is 15.1. The molecule has 0 fully saturated rings. The zero-order chi connectivity index (χ0) is 16.8. The van der Waals surface area contributed by atoms with Crippen molar-refractivity contribution in [3.05, 3.63) is 53.4 Å². The maximum absolute atomic E-state index is 4.38. The van der Waals surface area contributed by atoms with E-state index in [1.807, 2.05) is 4.57 Å². The zero-order valence-electron chi connectivity index (χ0n) is 12.7. The third-order valence-corrected chi connectivity index (χ3v) is 5.53. The Kier molecular flexibility index (Phi) is 3.42. The summed E-state index contributed by atoms with van der Waals surface area (Å²) in [5, 5.41) is 4.25. The van der Waals surface area contributed by atoms with Crippen molar-refractivity contribution in [2.45, 2.75) is 16.5 Å². The number of nitrogens with one attached hydrogen (secondary N) is 1. The van der Waals surface area contributed by atoms with Crippen LogP contribution >= 0.6 is 27.7 Å². The van der Waals surface area contributed by atoms with Gasteiger partial charge in [0.05, 0.1) is 18.6 Å². The van der Waals surface area contributed by atoms with Crippen molar-refractivity contribution in [1.82, 2.24) is 29.5 Å². The average Bonchev–Trinajstić information content (AvgIpc) is 3.04. The van der Waals surface area contributed by atoms with Crippen LogP contribution in [0.3, 0.4) is 0 Å².